The number of aryl methyl sites for hydroxylation is 2. The van der Waals surface area contributed by atoms with Crippen molar-refractivity contribution in [1.29, 1.82) is 0 Å². The van der Waals surface area contributed by atoms with Gasteiger partial charge in [-0.25, -0.2) is 0 Å². The predicted molar refractivity (Wildman–Crippen MR) is 232 cm³/mol. The Balaban J connectivity index is 0.000000350. The van der Waals surface area contributed by atoms with Crippen LogP contribution in [-0.4, -0.2) is 92.9 Å². The van der Waals surface area contributed by atoms with E-state index >= 15 is 0 Å². The van der Waals surface area contributed by atoms with Gasteiger partial charge < -0.3 is 55.0 Å². The summed E-state index contributed by atoms with van der Waals surface area (Å²) in [6.07, 6.45) is 0. The van der Waals surface area contributed by atoms with Crippen molar-refractivity contribution in [2.45, 2.75) is 20.8 Å². The van der Waals surface area contributed by atoms with Crippen molar-refractivity contribution in [1.82, 2.24) is 0 Å². The molecule has 0 atom stereocenters. The van der Waals surface area contributed by atoms with Gasteiger partial charge in [-0.05, 0) is 102 Å². The molecule has 22 heteroatoms. The second-order valence-electron chi connectivity index (χ2n) is 11.4. The third-order valence-corrected chi connectivity index (χ3v) is 9.16. The lowest BCUT2D eigenvalue weighted by atomic mass is 9.77. The van der Waals surface area contributed by atoms with Crippen LogP contribution in [0.4, 0.5) is 0 Å². The fourth-order valence-electron chi connectivity index (χ4n) is 4.27. The lowest BCUT2D eigenvalue weighted by Gasteiger charge is -2.06. The molecular weight excluding hydrogens is 851 g/mol. The lowest BCUT2D eigenvalue weighted by molar-refractivity contribution is 0.403. The minimum Gasteiger partial charge on any atom is -0.497 e. The van der Waals surface area contributed by atoms with E-state index in [9.17, 15) is 0 Å². The van der Waals surface area contributed by atoms with E-state index in [1.165, 1.54) is 31.4 Å². The van der Waals surface area contributed by atoms with E-state index in [0.29, 0.717) is 58.3 Å². The van der Waals surface area contributed by atoms with Crippen LogP contribution in [0.25, 0.3) is 0 Å². The minimum absolute atomic E-state index is 0.257. The van der Waals surface area contributed by atoms with Crippen LogP contribution in [0.15, 0.2) is 91.0 Å². The first-order valence-electron chi connectivity index (χ1n) is 16.0. The van der Waals surface area contributed by atoms with Crippen LogP contribution >= 0.6 is 69.6 Å². The molecule has 0 aliphatic carbocycles. The van der Waals surface area contributed by atoms with Gasteiger partial charge in [-0.3, -0.25) is 0 Å². The molecule has 0 aliphatic rings. The Kier molecular flexibility index (Phi) is 23.8. The zero-order valence-electron chi connectivity index (χ0n) is 30.2. The van der Waals surface area contributed by atoms with Gasteiger partial charge in [0, 0.05) is 41.1 Å². The minimum atomic E-state index is -1.54. The van der Waals surface area contributed by atoms with Gasteiger partial charge >= 0.3 is 35.6 Å². The van der Waals surface area contributed by atoms with E-state index in [-0.39, 0.29) is 10.5 Å². The zero-order valence-corrected chi connectivity index (χ0v) is 34.7. The molecule has 0 heterocycles. The molecule has 0 fully saturated rings. The van der Waals surface area contributed by atoms with E-state index in [2.05, 4.69) is 0 Å². The molecule has 11 nitrogen and oxygen atoms in total. The van der Waals surface area contributed by atoms with E-state index in [1.807, 2.05) is 6.92 Å². The third kappa shape index (κ3) is 18.0. The first kappa shape index (κ1) is 51.6. The highest BCUT2D eigenvalue weighted by molar-refractivity contribution is 6.63. The Labute approximate surface area is 356 Å². The van der Waals surface area contributed by atoms with Gasteiger partial charge in [0.05, 0.1) is 7.11 Å². The topological polar surface area (TPSA) is 212 Å². The molecule has 5 rings (SSSR count). The maximum absolute atomic E-state index is 8.86. The number of hydrogen-bond donors (Lipinski definition) is 10. The van der Waals surface area contributed by atoms with Crippen molar-refractivity contribution >= 4 is 133 Å². The monoisotopic (exact) mass is 886 g/mol. The van der Waals surface area contributed by atoms with Crippen molar-refractivity contribution in [2.75, 3.05) is 7.11 Å². The predicted octanol–water partition coefficient (Wildman–Crippen LogP) is 1.69. The van der Waals surface area contributed by atoms with Gasteiger partial charge in [0.1, 0.15) is 5.75 Å². The van der Waals surface area contributed by atoms with Crippen LogP contribution in [-0.2, 0) is 0 Å². The lowest BCUT2D eigenvalue weighted by Crippen LogP contribution is -2.32. The van der Waals surface area contributed by atoms with Crippen molar-refractivity contribution in [3.8, 4) is 5.75 Å². The Morgan fingerprint density at radius 2 is 0.893 bits per heavy atom. The summed E-state index contributed by atoms with van der Waals surface area (Å²) in [7, 11) is -5.89. The summed E-state index contributed by atoms with van der Waals surface area (Å²) in [4.78, 5) is 0. The molecule has 5 aromatic rings. The average molecular weight is 888 g/mol. The van der Waals surface area contributed by atoms with Gasteiger partial charge in [0.15, 0.2) is 0 Å². The Hall–Kier alpha value is -2.44. The molecule has 0 aliphatic heterocycles. The molecule has 0 bridgehead atoms. The Bertz CT molecular complexity index is 1920. The molecule has 5 aromatic carbocycles. The summed E-state index contributed by atoms with van der Waals surface area (Å²) in [5.74, 6) is 0.373. The second kappa shape index (κ2) is 25.8. The molecule has 0 radical (unpaired) electrons. The van der Waals surface area contributed by atoms with E-state index < -0.39 is 35.6 Å². The molecule has 296 valence electrons. The van der Waals surface area contributed by atoms with Gasteiger partial charge in [0.2, 0.25) is 0 Å². The third-order valence-electron chi connectivity index (χ3n) is 7.29. The number of methoxy groups -OCH3 is 1. The molecular formula is C34H37B5Cl6O11. The second-order valence-corrected chi connectivity index (χ2v) is 13.9. The molecule has 0 aromatic heterocycles. The van der Waals surface area contributed by atoms with Gasteiger partial charge in [0.25, 0.3) is 0 Å². The number of halogens is 6. The highest BCUT2D eigenvalue weighted by Gasteiger charge is 2.17. The first-order chi connectivity index (χ1) is 26.1. The largest absolute Gasteiger partial charge is 0.497 e. The van der Waals surface area contributed by atoms with E-state index in [1.54, 1.807) is 80.6 Å². The molecule has 56 heavy (non-hydrogen) atoms. The highest BCUT2D eigenvalue weighted by Crippen LogP contribution is 2.16. The average Bonchev–Trinajstić information content (AvgIpc) is 3.11. The van der Waals surface area contributed by atoms with Crippen LogP contribution in [0.5, 0.6) is 5.75 Å². The molecule has 0 spiro atoms. The van der Waals surface area contributed by atoms with Crippen molar-refractivity contribution in [3.05, 3.63) is 138 Å². The Morgan fingerprint density at radius 1 is 0.411 bits per heavy atom. The highest BCUT2D eigenvalue weighted by atomic mass is 35.5. The molecule has 0 saturated heterocycles. The van der Waals surface area contributed by atoms with Crippen molar-refractivity contribution in [3.63, 3.8) is 0 Å². The van der Waals surface area contributed by atoms with Crippen LogP contribution < -0.4 is 32.1 Å². The first-order valence-corrected chi connectivity index (χ1v) is 18.2. The van der Waals surface area contributed by atoms with Crippen LogP contribution in [0.2, 0.25) is 30.1 Å². The number of benzene rings is 5. The molecule has 0 unspecified atom stereocenters. The SMILES string of the molecule is COc1cc(Cl)ccc1B(O)O.Cc1c(Cl)cccc1B(O)O.Cc1cc(B(O)O)ccc1Cl.Cc1cc(Cl)ccc1B(O)O.OB(O)c1ccc(Cl)cc1Cl. The van der Waals surface area contributed by atoms with E-state index in [4.69, 9.17) is 125 Å². The standard InChI is InChI=1S/C7H8BClO3.3C7H8BClO2.C6H5BCl2O2/c1-12-7-4-5(9)2-3-6(7)8(10)11;1-5-4-6(9)2-3-7(5)8(10)11;1-5-4-6(8(10)11)2-3-7(5)9;1-5-6(8(10)11)3-2-4-7(5)9;8-4-1-2-5(7(10)11)6(9)3-4/h2-4,10-11H,1H3;3*2-4,10-11H,1H3;1-3,10-11H. The number of ether oxygens (including phenoxy) is 1. The number of hydrogen-bond acceptors (Lipinski definition) is 11. The van der Waals surface area contributed by atoms with Crippen LogP contribution in [0, 0.1) is 20.8 Å². The van der Waals surface area contributed by atoms with Gasteiger partial charge in [-0.1, -0.05) is 112 Å². The van der Waals surface area contributed by atoms with Crippen molar-refractivity contribution < 1.29 is 55.0 Å². The summed E-state index contributed by atoms with van der Waals surface area (Å²) in [5, 5.41) is 90.9. The summed E-state index contributed by atoms with van der Waals surface area (Å²) in [5.41, 5.74) is 4.32. The van der Waals surface area contributed by atoms with Crippen molar-refractivity contribution in [2.24, 2.45) is 0 Å². The Morgan fingerprint density at radius 3 is 1.32 bits per heavy atom. The maximum Gasteiger partial charge on any atom is 0.492 e. The maximum atomic E-state index is 8.86. The fourth-order valence-corrected chi connectivity index (χ4v) is 5.46. The summed E-state index contributed by atoms with van der Waals surface area (Å²) < 4.78 is 4.88. The van der Waals surface area contributed by atoms with Crippen LogP contribution in [0.1, 0.15) is 16.7 Å². The fraction of sp³-hybridized carbons (Fsp3) is 0.118. The van der Waals surface area contributed by atoms with Crippen LogP contribution in [0.3, 0.4) is 0 Å². The zero-order chi connectivity index (χ0) is 42.9. The quantitative estimate of drug-likeness (QED) is 0.111. The molecule has 0 amide bonds. The summed E-state index contributed by atoms with van der Waals surface area (Å²) >= 11 is 34.0. The molecule has 10 N–H and O–H groups in total. The smallest absolute Gasteiger partial charge is 0.492 e. The van der Waals surface area contributed by atoms with E-state index in [0.717, 1.165) is 11.1 Å². The number of rotatable bonds is 6. The molecule has 0 saturated carbocycles. The summed E-state index contributed by atoms with van der Waals surface area (Å²) in [6, 6.07) is 23.9. The summed E-state index contributed by atoms with van der Waals surface area (Å²) in [6.45, 7) is 5.34. The van der Waals surface area contributed by atoms with Gasteiger partial charge in [-0.15, -0.1) is 0 Å². The normalized spacial score (nSPS) is 9.79. The van der Waals surface area contributed by atoms with Gasteiger partial charge in [-0.2, -0.15) is 0 Å².